The van der Waals surface area contributed by atoms with Gasteiger partial charge in [-0.05, 0) is 31.2 Å². The van der Waals surface area contributed by atoms with E-state index in [1.54, 1.807) is 37.3 Å². The number of allylic oxidation sites excluding steroid dienone is 1. The maximum absolute atomic E-state index is 13.8. The Bertz CT molecular complexity index is 1090. The summed E-state index contributed by atoms with van der Waals surface area (Å²) >= 11 is 1.03. The molecule has 0 spiro atoms. The van der Waals surface area contributed by atoms with Crippen LogP contribution in [0.5, 0.6) is 0 Å². The summed E-state index contributed by atoms with van der Waals surface area (Å²) in [6.45, 7) is 5.43. The maximum atomic E-state index is 13.8. The second kappa shape index (κ2) is 8.35. The van der Waals surface area contributed by atoms with Crippen molar-refractivity contribution in [1.29, 1.82) is 0 Å². The Morgan fingerprint density at radius 2 is 1.93 bits per heavy atom. The molecule has 28 heavy (non-hydrogen) atoms. The quantitative estimate of drug-likeness (QED) is 0.386. The van der Waals surface area contributed by atoms with E-state index in [4.69, 9.17) is 0 Å². The molecule has 1 unspecified atom stereocenters. The van der Waals surface area contributed by atoms with E-state index in [1.165, 1.54) is 10.6 Å². The van der Waals surface area contributed by atoms with Gasteiger partial charge in [0.05, 0.1) is 16.2 Å². The Hall–Kier alpha value is -3.00. The van der Waals surface area contributed by atoms with E-state index < -0.39 is 28.5 Å². The summed E-state index contributed by atoms with van der Waals surface area (Å²) in [7, 11) is 0. The maximum Gasteiger partial charge on any atom is 0.262 e. The highest BCUT2D eigenvalue weighted by Gasteiger charge is 2.21. The minimum atomic E-state index is -0.863. The standard InChI is InChI=1S/C20H17F2N3O2S/c1-3-11-25-19(27)13-7-4-5-10-16(13)23-20(25)28-12(2)18(26)24-17-14(21)8-6-9-15(17)22/h3-10,12H,1,11H2,2H3,(H,24,26). The fraction of sp³-hybridized carbons (Fsp3) is 0.150. The molecule has 1 aromatic heterocycles. The number of aromatic nitrogens is 2. The average molecular weight is 401 g/mol. The second-order valence-electron chi connectivity index (χ2n) is 5.96. The molecule has 1 amide bonds. The van der Waals surface area contributed by atoms with Gasteiger partial charge < -0.3 is 5.32 Å². The van der Waals surface area contributed by atoms with Crippen molar-refractivity contribution < 1.29 is 13.6 Å². The summed E-state index contributed by atoms with van der Waals surface area (Å²) in [5, 5.41) is 2.27. The van der Waals surface area contributed by atoms with Gasteiger partial charge in [-0.3, -0.25) is 14.2 Å². The number of carbonyl (C=O) groups is 1. The Morgan fingerprint density at radius 1 is 1.25 bits per heavy atom. The zero-order valence-corrected chi connectivity index (χ0v) is 15.8. The first-order valence-electron chi connectivity index (χ1n) is 8.44. The van der Waals surface area contributed by atoms with Crippen molar-refractivity contribution in [2.75, 3.05) is 5.32 Å². The highest BCUT2D eigenvalue weighted by molar-refractivity contribution is 8.00. The average Bonchev–Trinajstić information content (AvgIpc) is 2.67. The number of anilines is 1. The van der Waals surface area contributed by atoms with Gasteiger partial charge in [-0.15, -0.1) is 6.58 Å². The SMILES string of the molecule is C=CCn1c(SC(C)C(=O)Nc2c(F)cccc2F)nc2ccccc2c1=O. The number of para-hydroxylation sites is 2. The van der Waals surface area contributed by atoms with Crippen LogP contribution in [0.15, 0.2) is 65.1 Å². The summed E-state index contributed by atoms with van der Waals surface area (Å²) < 4.78 is 28.9. The molecule has 5 nitrogen and oxygen atoms in total. The number of nitrogens with one attached hydrogen (secondary N) is 1. The normalized spacial score (nSPS) is 12.0. The molecular formula is C20H17F2N3O2S. The molecule has 0 radical (unpaired) electrons. The van der Waals surface area contributed by atoms with Gasteiger partial charge in [0.25, 0.3) is 5.56 Å². The number of rotatable bonds is 6. The summed E-state index contributed by atoms with van der Waals surface area (Å²) in [6.07, 6.45) is 1.56. The summed E-state index contributed by atoms with van der Waals surface area (Å²) in [6, 6.07) is 10.2. The Balaban J connectivity index is 1.91. The van der Waals surface area contributed by atoms with Crippen molar-refractivity contribution in [3.8, 4) is 0 Å². The van der Waals surface area contributed by atoms with Crippen LogP contribution in [0.2, 0.25) is 0 Å². The van der Waals surface area contributed by atoms with Crippen molar-refractivity contribution >= 4 is 34.3 Å². The molecule has 0 aliphatic rings. The largest absolute Gasteiger partial charge is 0.320 e. The van der Waals surface area contributed by atoms with Crippen molar-refractivity contribution in [3.63, 3.8) is 0 Å². The number of benzene rings is 2. The van der Waals surface area contributed by atoms with Crippen molar-refractivity contribution in [2.45, 2.75) is 23.9 Å². The van der Waals surface area contributed by atoms with Gasteiger partial charge in [-0.25, -0.2) is 13.8 Å². The van der Waals surface area contributed by atoms with E-state index in [1.807, 2.05) is 0 Å². The number of hydrogen-bond donors (Lipinski definition) is 1. The van der Waals surface area contributed by atoms with Crippen LogP contribution in [-0.4, -0.2) is 20.7 Å². The van der Waals surface area contributed by atoms with Crippen LogP contribution >= 0.6 is 11.8 Å². The molecule has 3 rings (SSSR count). The monoisotopic (exact) mass is 401 g/mol. The van der Waals surface area contributed by atoms with Crippen LogP contribution in [-0.2, 0) is 11.3 Å². The van der Waals surface area contributed by atoms with E-state index in [-0.39, 0.29) is 12.1 Å². The fourth-order valence-corrected chi connectivity index (χ4v) is 3.50. The first kappa shape index (κ1) is 19.8. The smallest absolute Gasteiger partial charge is 0.262 e. The number of thioether (sulfide) groups is 1. The number of halogens is 2. The molecule has 0 aliphatic carbocycles. The van der Waals surface area contributed by atoms with Crippen molar-refractivity contribution in [3.05, 3.63) is 77.1 Å². The van der Waals surface area contributed by atoms with Gasteiger partial charge in [0, 0.05) is 6.54 Å². The van der Waals surface area contributed by atoms with Gasteiger partial charge in [0.15, 0.2) is 5.16 Å². The highest BCUT2D eigenvalue weighted by Crippen LogP contribution is 2.25. The van der Waals surface area contributed by atoms with Gasteiger partial charge in [0.1, 0.15) is 17.3 Å². The predicted octanol–water partition coefficient (Wildman–Crippen LogP) is 3.98. The van der Waals surface area contributed by atoms with Crippen LogP contribution in [0.3, 0.4) is 0 Å². The van der Waals surface area contributed by atoms with E-state index >= 15 is 0 Å². The lowest BCUT2D eigenvalue weighted by atomic mass is 10.2. The molecule has 0 aliphatic heterocycles. The lowest BCUT2D eigenvalue weighted by Gasteiger charge is -2.16. The van der Waals surface area contributed by atoms with Gasteiger partial charge >= 0.3 is 0 Å². The molecule has 3 aromatic rings. The molecule has 144 valence electrons. The lowest BCUT2D eigenvalue weighted by Crippen LogP contribution is -2.27. The number of amides is 1. The summed E-state index contributed by atoms with van der Waals surface area (Å²) in [5.41, 5.74) is -0.251. The Kier molecular flexibility index (Phi) is 5.89. The number of nitrogens with zero attached hydrogens (tertiary/aromatic N) is 2. The van der Waals surface area contributed by atoms with Crippen molar-refractivity contribution in [1.82, 2.24) is 9.55 Å². The molecule has 1 atom stereocenters. The number of hydrogen-bond acceptors (Lipinski definition) is 4. The summed E-state index contributed by atoms with van der Waals surface area (Å²) in [5.74, 6) is -2.34. The van der Waals surface area contributed by atoms with Crippen LogP contribution in [0.4, 0.5) is 14.5 Å². The topological polar surface area (TPSA) is 64.0 Å². The fourth-order valence-electron chi connectivity index (χ4n) is 2.58. The molecule has 2 aromatic carbocycles. The predicted molar refractivity (Wildman–Crippen MR) is 107 cm³/mol. The van der Waals surface area contributed by atoms with E-state index in [0.29, 0.717) is 16.1 Å². The molecule has 1 N–H and O–H groups in total. The van der Waals surface area contributed by atoms with E-state index in [2.05, 4.69) is 16.9 Å². The lowest BCUT2D eigenvalue weighted by molar-refractivity contribution is -0.115. The third-order valence-electron chi connectivity index (χ3n) is 4.00. The molecule has 1 heterocycles. The first-order chi connectivity index (χ1) is 13.4. The molecular weight excluding hydrogens is 384 g/mol. The minimum absolute atomic E-state index is 0.218. The minimum Gasteiger partial charge on any atom is -0.320 e. The van der Waals surface area contributed by atoms with Gasteiger partial charge in [-0.1, -0.05) is 36.0 Å². The number of fused-ring (bicyclic) bond motifs is 1. The second-order valence-corrected chi connectivity index (χ2v) is 7.27. The summed E-state index contributed by atoms with van der Waals surface area (Å²) in [4.78, 5) is 29.6. The Labute approximate surface area is 164 Å². The molecule has 0 saturated heterocycles. The molecule has 8 heteroatoms. The van der Waals surface area contributed by atoms with Gasteiger partial charge in [0.2, 0.25) is 5.91 Å². The highest BCUT2D eigenvalue weighted by atomic mass is 32.2. The van der Waals surface area contributed by atoms with Crippen LogP contribution in [0, 0.1) is 11.6 Å². The third-order valence-corrected chi connectivity index (χ3v) is 5.09. The molecule has 0 bridgehead atoms. The number of carbonyl (C=O) groups excluding carboxylic acids is 1. The van der Waals surface area contributed by atoms with Crippen molar-refractivity contribution in [2.24, 2.45) is 0 Å². The van der Waals surface area contributed by atoms with Gasteiger partial charge in [-0.2, -0.15) is 0 Å². The molecule has 0 saturated carbocycles. The Morgan fingerprint density at radius 3 is 2.61 bits per heavy atom. The van der Waals surface area contributed by atoms with Crippen LogP contribution in [0.25, 0.3) is 10.9 Å². The third kappa shape index (κ3) is 3.96. The first-order valence-corrected chi connectivity index (χ1v) is 9.32. The van der Waals surface area contributed by atoms with E-state index in [9.17, 15) is 18.4 Å². The zero-order chi connectivity index (χ0) is 20.3. The van der Waals surface area contributed by atoms with Crippen LogP contribution in [0.1, 0.15) is 6.92 Å². The van der Waals surface area contributed by atoms with Crippen LogP contribution < -0.4 is 10.9 Å². The van der Waals surface area contributed by atoms with E-state index in [0.717, 1.165) is 23.9 Å². The zero-order valence-electron chi connectivity index (χ0n) is 15.0. The molecule has 0 fully saturated rings.